The van der Waals surface area contributed by atoms with Crippen LogP contribution in [0.3, 0.4) is 0 Å². The lowest BCUT2D eigenvalue weighted by molar-refractivity contribution is 0.309. The first-order chi connectivity index (χ1) is 6.74. The number of ether oxygens (including phenoxy) is 1. The van der Waals surface area contributed by atoms with Crippen LogP contribution in [-0.4, -0.2) is 12.4 Å². The van der Waals surface area contributed by atoms with Crippen LogP contribution in [0.15, 0.2) is 18.2 Å². The van der Waals surface area contributed by atoms with Gasteiger partial charge in [0.2, 0.25) is 0 Å². The summed E-state index contributed by atoms with van der Waals surface area (Å²) in [6, 6.07) is 6.22. The molecule has 1 rings (SSSR count). The lowest BCUT2D eigenvalue weighted by atomic mass is 10.1. The number of rotatable bonds is 5. The summed E-state index contributed by atoms with van der Waals surface area (Å²) in [5, 5.41) is 0. The van der Waals surface area contributed by atoms with E-state index in [1.807, 2.05) is 6.07 Å². The van der Waals surface area contributed by atoms with Crippen molar-refractivity contribution in [3.8, 4) is 5.75 Å². The number of benzene rings is 1. The summed E-state index contributed by atoms with van der Waals surface area (Å²) in [4.78, 5) is 0. The third-order valence-electron chi connectivity index (χ3n) is 2.30. The Morgan fingerprint density at radius 1 is 1.14 bits per heavy atom. The van der Waals surface area contributed by atoms with Gasteiger partial charge in [0.05, 0.1) is 6.61 Å². The van der Waals surface area contributed by atoms with E-state index in [1.54, 1.807) is 0 Å². The number of hydrogen-bond donors (Lipinski definition) is 1. The summed E-state index contributed by atoms with van der Waals surface area (Å²) in [5.41, 5.74) is 2.60. The number of unbranched alkanes of at least 4 members (excludes halogenated alkanes) is 1. The van der Waals surface area contributed by atoms with Gasteiger partial charge in [-0.15, -0.1) is 0 Å². The maximum absolute atomic E-state index is 5.61. The quantitative estimate of drug-likeness (QED) is 0.579. The van der Waals surface area contributed by atoms with E-state index >= 15 is 0 Å². The molecule has 1 nitrogen and oxygen atoms in total. The second-order valence-electron chi connectivity index (χ2n) is 3.53. The Hall–Kier alpha value is -0.630. The van der Waals surface area contributed by atoms with Crippen LogP contribution in [-0.2, 0) is 0 Å². The zero-order chi connectivity index (χ0) is 10.4. The fourth-order valence-electron chi connectivity index (χ4n) is 1.21. The van der Waals surface area contributed by atoms with Gasteiger partial charge in [0, 0.05) is 0 Å². The molecule has 0 aromatic heterocycles. The van der Waals surface area contributed by atoms with Crippen LogP contribution in [0, 0.1) is 13.8 Å². The molecule has 14 heavy (non-hydrogen) atoms. The third-order valence-corrected chi connectivity index (χ3v) is 2.62. The van der Waals surface area contributed by atoms with Gasteiger partial charge >= 0.3 is 0 Å². The van der Waals surface area contributed by atoms with E-state index in [4.69, 9.17) is 4.74 Å². The lowest BCUT2D eigenvalue weighted by Crippen LogP contribution is -1.98. The SMILES string of the molecule is Cc1ccc(OCCCCS)cc1C. The van der Waals surface area contributed by atoms with Crippen LogP contribution < -0.4 is 4.74 Å². The molecule has 0 aliphatic heterocycles. The minimum absolute atomic E-state index is 0.795. The molecule has 0 bridgehead atoms. The number of hydrogen-bond acceptors (Lipinski definition) is 2. The van der Waals surface area contributed by atoms with Crippen molar-refractivity contribution >= 4 is 12.6 Å². The van der Waals surface area contributed by atoms with Gasteiger partial charge in [-0.1, -0.05) is 6.07 Å². The van der Waals surface area contributed by atoms with Crippen LogP contribution in [0.5, 0.6) is 5.75 Å². The zero-order valence-corrected chi connectivity index (χ0v) is 9.81. The fraction of sp³-hybridized carbons (Fsp3) is 0.500. The van der Waals surface area contributed by atoms with Crippen molar-refractivity contribution in [2.75, 3.05) is 12.4 Å². The highest BCUT2D eigenvalue weighted by Crippen LogP contribution is 2.16. The Bertz CT molecular complexity index is 284. The van der Waals surface area contributed by atoms with E-state index in [9.17, 15) is 0 Å². The van der Waals surface area contributed by atoms with Gasteiger partial charge < -0.3 is 4.74 Å². The summed E-state index contributed by atoms with van der Waals surface area (Å²) in [5.74, 6) is 1.92. The van der Waals surface area contributed by atoms with Crippen LogP contribution in [0.25, 0.3) is 0 Å². The highest BCUT2D eigenvalue weighted by atomic mass is 32.1. The van der Waals surface area contributed by atoms with Gasteiger partial charge in [0.25, 0.3) is 0 Å². The van der Waals surface area contributed by atoms with E-state index in [0.717, 1.165) is 31.0 Å². The molecule has 78 valence electrons. The Labute approximate surface area is 91.9 Å². The molecular weight excluding hydrogens is 192 g/mol. The topological polar surface area (TPSA) is 9.23 Å². The number of aryl methyl sites for hydroxylation is 2. The van der Waals surface area contributed by atoms with Crippen molar-refractivity contribution < 1.29 is 4.74 Å². The Morgan fingerprint density at radius 2 is 1.93 bits per heavy atom. The first kappa shape index (κ1) is 11.4. The minimum Gasteiger partial charge on any atom is -0.494 e. The fourth-order valence-corrected chi connectivity index (χ4v) is 1.43. The standard InChI is InChI=1S/C12H18OS/c1-10-5-6-12(9-11(10)2)13-7-3-4-8-14/h5-6,9,14H,3-4,7-8H2,1-2H3. The smallest absolute Gasteiger partial charge is 0.119 e. The van der Waals surface area contributed by atoms with E-state index < -0.39 is 0 Å². The summed E-state index contributed by atoms with van der Waals surface area (Å²) in [7, 11) is 0. The average molecular weight is 210 g/mol. The molecule has 0 fully saturated rings. The number of thiol groups is 1. The van der Waals surface area contributed by atoms with Gasteiger partial charge in [-0.25, -0.2) is 0 Å². The minimum atomic E-state index is 0.795. The second kappa shape index (κ2) is 5.97. The van der Waals surface area contributed by atoms with E-state index in [1.165, 1.54) is 11.1 Å². The van der Waals surface area contributed by atoms with Crippen molar-refractivity contribution in [1.82, 2.24) is 0 Å². The summed E-state index contributed by atoms with van der Waals surface area (Å²) < 4.78 is 5.61. The molecule has 2 heteroatoms. The Balaban J connectivity index is 2.39. The molecule has 0 unspecified atom stereocenters. The molecular formula is C12H18OS. The van der Waals surface area contributed by atoms with Crippen LogP contribution in [0.4, 0.5) is 0 Å². The van der Waals surface area contributed by atoms with E-state index in [2.05, 4.69) is 38.6 Å². The molecule has 0 aliphatic carbocycles. The maximum atomic E-state index is 5.61. The average Bonchev–Trinajstić information content (AvgIpc) is 2.18. The summed E-state index contributed by atoms with van der Waals surface area (Å²) in [6.45, 7) is 5.01. The molecule has 0 heterocycles. The Kier molecular flexibility index (Phi) is 4.88. The van der Waals surface area contributed by atoms with Crippen LogP contribution in [0.2, 0.25) is 0 Å². The zero-order valence-electron chi connectivity index (χ0n) is 8.92. The van der Waals surface area contributed by atoms with Crippen molar-refractivity contribution in [1.29, 1.82) is 0 Å². The second-order valence-corrected chi connectivity index (χ2v) is 3.97. The summed E-state index contributed by atoms with van der Waals surface area (Å²) in [6.07, 6.45) is 2.20. The lowest BCUT2D eigenvalue weighted by Gasteiger charge is -2.07. The molecule has 0 N–H and O–H groups in total. The highest BCUT2D eigenvalue weighted by molar-refractivity contribution is 7.80. The van der Waals surface area contributed by atoms with Crippen LogP contribution in [0.1, 0.15) is 24.0 Å². The first-order valence-corrected chi connectivity index (χ1v) is 5.68. The van der Waals surface area contributed by atoms with Crippen molar-refractivity contribution in [2.24, 2.45) is 0 Å². The van der Waals surface area contributed by atoms with Gasteiger partial charge in [-0.3, -0.25) is 0 Å². The van der Waals surface area contributed by atoms with Gasteiger partial charge in [0.15, 0.2) is 0 Å². The van der Waals surface area contributed by atoms with E-state index in [-0.39, 0.29) is 0 Å². The Morgan fingerprint density at radius 3 is 2.57 bits per heavy atom. The molecule has 0 amide bonds. The molecule has 1 aromatic rings. The molecule has 0 radical (unpaired) electrons. The third kappa shape index (κ3) is 3.62. The van der Waals surface area contributed by atoms with Crippen molar-refractivity contribution in [3.05, 3.63) is 29.3 Å². The van der Waals surface area contributed by atoms with Crippen molar-refractivity contribution in [2.45, 2.75) is 26.7 Å². The highest BCUT2D eigenvalue weighted by Gasteiger charge is 1.96. The predicted molar refractivity (Wildman–Crippen MR) is 64.5 cm³/mol. The van der Waals surface area contributed by atoms with Crippen molar-refractivity contribution in [3.63, 3.8) is 0 Å². The normalized spacial score (nSPS) is 10.2. The van der Waals surface area contributed by atoms with Gasteiger partial charge in [0.1, 0.15) is 5.75 Å². The molecule has 0 spiro atoms. The maximum Gasteiger partial charge on any atom is 0.119 e. The molecule has 1 aromatic carbocycles. The first-order valence-electron chi connectivity index (χ1n) is 5.05. The molecule has 0 saturated carbocycles. The molecule has 0 aliphatic rings. The van der Waals surface area contributed by atoms with Gasteiger partial charge in [-0.2, -0.15) is 12.6 Å². The largest absolute Gasteiger partial charge is 0.494 e. The molecule has 0 atom stereocenters. The van der Waals surface area contributed by atoms with Crippen LogP contribution >= 0.6 is 12.6 Å². The van der Waals surface area contributed by atoms with E-state index in [0.29, 0.717) is 0 Å². The predicted octanol–water partition coefficient (Wildman–Crippen LogP) is 3.39. The molecule has 0 saturated heterocycles. The monoisotopic (exact) mass is 210 g/mol. The summed E-state index contributed by atoms with van der Waals surface area (Å²) >= 11 is 4.16. The van der Waals surface area contributed by atoms with Gasteiger partial charge in [-0.05, 0) is 55.7 Å².